The monoisotopic (exact) mass is 314 g/mol. The second-order valence-electron chi connectivity index (χ2n) is 4.86. The summed E-state index contributed by atoms with van der Waals surface area (Å²) in [4.78, 5) is 22.1. The van der Waals surface area contributed by atoms with Crippen LogP contribution in [0.2, 0.25) is 0 Å². The number of non-ortho nitro benzene ring substituents is 1. The van der Waals surface area contributed by atoms with Crippen molar-refractivity contribution in [1.82, 2.24) is 0 Å². The van der Waals surface area contributed by atoms with Gasteiger partial charge in [-0.3, -0.25) is 14.9 Å². The molecule has 6 nitrogen and oxygen atoms in total. The Kier molecular flexibility index (Phi) is 5.68. The maximum atomic E-state index is 12.0. The van der Waals surface area contributed by atoms with E-state index in [4.69, 9.17) is 4.74 Å². The van der Waals surface area contributed by atoms with Gasteiger partial charge in [0.25, 0.3) is 5.69 Å². The van der Waals surface area contributed by atoms with Crippen LogP contribution in [0.3, 0.4) is 0 Å². The first-order chi connectivity index (χ1) is 11.1. The molecular weight excluding hydrogens is 296 g/mol. The molecule has 0 unspecified atom stereocenters. The van der Waals surface area contributed by atoms with Gasteiger partial charge in [-0.15, -0.1) is 0 Å². The smallest absolute Gasteiger partial charge is 0.269 e. The Labute approximate surface area is 134 Å². The molecule has 6 heteroatoms. The summed E-state index contributed by atoms with van der Waals surface area (Å²) in [5, 5.41) is 13.7. The molecule has 2 rings (SSSR count). The molecule has 0 bridgehead atoms. The van der Waals surface area contributed by atoms with Crippen molar-refractivity contribution in [3.8, 4) is 5.75 Å². The molecule has 0 aliphatic carbocycles. The first kappa shape index (κ1) is 16.5. The predicted octanol–water partition coefficient (Wildman–Crippen LogP) is 3.68. The molecule has 0 fully saturated rings. The Balaban J connectivity index is 1.83. The molecule has 2 aromatic carbocycles. The highest BCUT2D eigenvalue weighted by Crippen LogP contribution is 2.16. The van der Waals surface area contributed by atoms with E-state index in [9.17, 15) is 14.9 Å². The minimum atomic E-state index is -0.484. The van der Waals surface area contributed by atoms with Gasteiger partial charge in [-0.1, -0.05) is 0 Å². The number of hydrogen-bond donors (Lipinski definition) is 1. The van der Waals surface area contributed by atoms with Gasteiger partial charge in [0.15, 0.2) is 5.78 Å². The van der Waals surface area contributed by atoms with Crippen molar-refractivity contribution >= 4 is 17.2 Å². The predicted molar refractivity (Wildman–Crippen MR) is 88.1 cm³/mol. The van der Waals surface area contributed by atoms with E-state index in [-0.39, 0.29) is 11.5 Å². The van der Waals surface area contributed by atoms with Gasteiger partial charge in [0.1, 0.15) is 5.75 Å². The largest absolute Gasteiger partial charge is 0.494 e. The number of carbonyl (C=O) groups is 1. The maximum absolute atomic E-state index is 12.0. The van der Waals surface area contributed by atoms with Crippen molar-refractivity contribution in [2.75, 3.05) is 18.5 Å². The lowest BCUT2D eigenvalue weighted by Gasteiger charge is -2.07. The molecule has 0 heterocycles. The Hall–Kier alpha value is -2.89. The summed E-state index contributed by atoms with van der Waals surface area (Å²) in [6.07, 6.45) is 0.311. The molecule has 23 heavy (non-hydrogen) atoms. The second kappa shape index (κ2) is 7.93. The van der Waals surface area contributed by atoms with Gasteiger partial charge in [-0.2, -0.15) is 0 Å². The van der Waals surface area contributed by atoms with Crippen LogP contribution < -0.4 is 10.1 Å². The van der Waals surface area contributed by atoms with Crippen LogP contribution in [0.25, 0.3) is 0 Å². The van der Waals surface area contributed by atoms with Gasteiger partial charge in [0.2, 0.25) is 0 Å². The number of ether oxygens (including phenoxy) is 1. The molecule has 120 valence electrons. The van der Waals surface area contributed by atoms with Crippen LogP contribution in [0, 0.1) is 10.1 Å². The fourth-order valence-electron chi connectivity index (χ4n) is 2.07. The fraction of sp³-hybridized carbons (Fsp3) is 0.235. The standard InChI is InChI=1S/C17H18N2O4/c1-2-23-16-9-5-14(6-10-16)18-12-11-17(20)13-3-7-15(8-4-13)19(21)22/h3-10,18H,2,11-12H2,1H3. The van der Waals surface area contributed by atoms with Crippen molar-refractivity contribution in [2.45, 2.75) is 13.3 Å². The molecule has 0 atom stereocenters. The zero-order chi connectivity index (χ0) is 16.7. The third-order valence-corrected chi connectivity index (χ3v) is 3.25. The molecule has 0 spiro atoms. The van der Waals surface area contributed by atoms with Crippen LogP contribution in [-0.2, 0) is 0 Å². The number of rotatable bonds is 8. The van der Waals surface area contributed by atoms with Crippen LogP contribution >= 0.6 is 0 Å². The molecule has 0 saturated heterocycles. The molecule has 0 aromatic heterocycles. The number of ketones is 1. The number of nitro groups is 1. The SMILES string of the molecule is CCOc1ccc(NCCC(=O)c2ccc([N+](=O)[O-])cc2)cc1. The van der Waals surface area contributed by atoms with Gasteiger partial charge < -0.3 is 10.1 Å². The number of carbonyl (C=O) groups excluding carboxylic acids is 1. The van der Waals surface area contributed by atoms with Crippen molar-refractivity contribution < 1.29 is 14.5 Å². The zero-order valence-corrected chi connectivity index (χ0v) is 12.8. The van der Waals surface area contributed by atoms with Crippen molar-refractivity contribution in [1.29, 1.82) is 0 Å². The van der Waals surface area contributed by atoms with Crippen LogP contribution in [0.15, 0.2) is 48.5 Å². The Morgan fingerprint density at radius 1 is 1.13 bits per heavy atom. The lowest BCUT2D eigenvalue weighted by Crippen LogP contribution is -2.09. The maximum Gasteiger partial charge on any atom is 0.269 e. The number of Topliss-reactive ketones (excluding diaryl/α,β-unsaturated/α-hetero) is 1. The summed E-state index contributed by atoms with van der Waals surface area (Å²) in [6, 6.07) is 13.2. The third-order valence-electron chi connectivity index (χ3n) is 3.25. The van der Waals surface area contributed by atoms with E-state index in [1.54, 1.807) is 0 Å². The second-order valence-corrected chi connectivity index (χ2v) is 4.86. The van der Waals surface area contributed by atoms with Gasteiger partial charge in [-0.25, -0.2) is 0 Å². The Morgan fingerprint density at radius 2 is 1.78 bits per heavy atom. The van der Waals surface area contributed by atoms with Gasteiger partial charge in [-0.05, 0) is 43.3 Å². The number of nitro benzene ring substituents is 1. The van der Waals surface area contributed by atoms with Crippen LogP contribution in [0.4, 0.5) is 11.4 Å². The number of nitrogens with one attached hydrogen (secondary N) is 1. The summed E-state index contributed by atoms with van der Waals surface area (Å²) in [6.45, 7) is 3.04. The average Bonchev–Trinajstić information content (AvgIpc) is 2.56. The van der Waals surface area contributed by atoms with Crippen LogP contribution in [0.5, 0.6) is 5.75 Å². The van der Waals surface area contributed by atoms with Crippen molar-refractivity contribution in [3.63, 3.8) is 0 Å². The van der Waals surface area contributed by atoms with Gasteiger partial charge >= 0.3 is 0 Å². The molecule has 0 amide bonds. The average molecular weight is 314 g/mol. The molecule has 1 N–H and O–H groups in total. The highest BCUT2D eigenvalue weighted by molar-refractivity contribution is 5.96. The molecule has 0 saturated carbocycles. The van der Waals surface area contributed by atoms with E-state index >= 15 is 0 Å². The van der Waals surface area contributed by atoms with Crippen LogP contribution in [0.1, 0.15) is 23.7 Å². The molecule has 2 aromatic rings. The Bertz CT molecular complexity index is 666. The normalized spacial score (nSPS) is 10.1. The quantitative estimate of drug-likeness (QED) is 0.456. The van der Waals surface area contributed by atoms with E-state index in [0.717, 1.165) is 11.4 Å². The third kappa shape index (κ3) is 4.81. The lowest BCUT2D eigenvalue weighted by atomic mass is 10.1. The number of nitrogens with zero attached hydrogens (tertiary/aromatic N) is 1. The topological polar surface area (TPSA) is 81.5 Å². The number of benzene rings is 2. The zero-order valence-electron chi connectivity index (χ0n) is 12.8. The molecule has 0 radical (unpaired) electrons. The first-order valence-electron chi connectivity index (χ1n) is 7.34. The summed E-state index contributed by atoms with van der Waals surface area (Å²) >= 11 is 0. The van der Waals surface area contributed by atoms with E-state index in [0.29, 0.717) is 25.1 Å². The minimum absolute atomic E-state index is 0.0194. The number of anilines is 1. The van der Waals surface area contributed by atoms with Gasteiger partial charge in [0.05, 0.1) is 11.5 Å². The van der Waals surface area contributed by atoms with Gasteiger partial charge in [0, 0.05) is 36.3 Å². The van der Waals surface area contributed by atoms with E-state index < -0.39 is 4.92 Å². The highest BCUT2D eigenvalue weighted by atomic mass is 16.6. The summed E-state index contributed by atoms with van der Waals surface area (Å²) in [5.41, 5.74) is 1.36. The molecule has 0 aliphatic heterocycles. The van der Waals surface area contributed by atoms with E-state index in [1.807, 2.05) is 31.2 Å². The van der Waals surface area contributed by atoms with E-state index in [2.05, 4.69) is 5.32 Å². The fourth-order valence-corrected chi connectivity index (χ4v) is 2.07. The van der Waals surface area contributed by atoms with Crippen LogP contribution in [-0.4, -0.2) is 23.9 Å². The molecular formula is C17H18N2O4. The molecule has 0 aliphatic rings. The summed E-state index contributed by atoms with van der Waals surface area (Å²) in [5.74, 6) is 0.748. The van der Waals surface area contributed by atoms with Crippen molar-refractivity contribution in [3.05, 3.63) is 64.2 Å². The highest BCUT2D eigenvalue weighted by Gasteiger charge is 2.09. The summed E-state index contributed by atoms with van der Waals surface area (Å²) < 4.78 is 5.36. The van der Waals surface area contributed by atoms with E-state index in [1.165, 1.54) is 24.3 Å². The Morgan fingerprint density at radius 3 is 2.35 bits per heavy atom. The van der Waals surface area contributed by atoms with Crippen molar-refractivity contribution in [2.24, 2.45) is 0 Å². The first-order valence-corrected chi connectivity index (χ1v) is 7.34. The number of hydrogen-bond acceptors (Lipinski definition) is 5. The lowest BCUT2D eigenvalue weighted by molar-refractivity contribution is -0.384. The minimum Gasteiger partial charge on any atom is -0.494 e. The summed E-state index contributed by atoms with van der Waals surface area (Å²) in [7, 11) is 0.